The number of amides is 1. The van der Waals surface area contributed by atoms with Gasteiger partial charge in [0.25, 0.3) is 5.91 Å². The molecule has 0 saturated carbocycles. The largest absolute Gasteiger partial charge is 0.350 e. The van der Waals surface area contributed by atoms with Crippen LogP contribution in [0.25, 0.3) is 0 Å². The maximum atomic E-state index is 12.0. The zero-order valence-corrected chi connectivity index (χ0v) is 11.8. The van der Waals surface area contributed by atoms with E-state index in [1.807, 2.05) is 11.6 Å². The number of nitrogens with zero attached hydrogens (tertiary/aromatic N) is 3. The number of hydrogen-bond acceptors (Lipinski definition) is 5. The van der Waals surface area contributed by atoms with Gasteiger partial charge in [-0.05, 0) is 25.0 Å². The second-order valence-electron chi connectivity index (χ2n) is 4.76. The Morgan fingerprint density at radius 3 is 3.20 bits per heavy atom. The third-order valence-electron chi connectivity index (χ3n) is 3.46. The normalized spacial score (nSPS) is 18.2. The van der Waals surface area contributed by atoms with Crippen molar-refractivity contribution in [1.29, 1.82) is 0 Å². The molecule has 5 nitrogen and oxygen atoms in total. The van der Waals surface area contributed by atoms with Gasteiger partial charge in [-0.15, -0.1) is 11.3 Å². The summed E-state index contributed by atoms with van der Waals surface area (Å²) >= 11 is 1.65. The lowest BCUT2D eigenvalue weighted by atomic mass is 10.2. The molecule has 1 N–H and O–H groups in total. The summed E-state index contributed by atoms with van der Waals surface area (Å²) < 4.78 is 0. The molecule has 1 saturated heterocycles. The molecule has 0 bridgehead atoms. The first kappa shape index (κ1) is 13.1. The minimum Gasteiger partial charge on any atom is -0.350 e. The minimum absolute atomic E-state index is 0.0657. The van der Waals surface area contributed by atoms with Crippen LogP contribution in [-0.2, 0) is 0 Å². The average molecular weight is 288 g/mol. The average Bonchev–Trinajstić information content (AvgIpc) is 3.16. The molecule has 3 rings (SSSR count). The van der Waals surface area contributed by atoms with Crippen LogP contribution in [0.4, 0.5) is 5.13 Å². The predicted molar refractivity (Wildman–Crippen MR) is 79.1 cm³/mol. The molecule has 0 radical (unpaired) electrons. The molecular weight excluding hydrogens is 272 g/mol. The van der Waals surface area contributed by atoms with Gasteiger partial charge in [0, 0.05) is 43.1 Å². The lowest BCUT2D eigenvalue weighted by Gasteiger charge is -2.24. The van der Waals surface area contributed by atoms with Crippen LogP contribution in [0.3, 0.4) is 0 Å². The van der Waals surface area contributed by atoms with E-state index in [9.17, 15) is 4.79 Å². The number of nitrogens with one attached hydrogen (secondary N) is 1. The smallest absolute Gasteiger partial charge is 0.252 e. The first-order valence-corrected chi connectivity index (χ1v) is 7.57. The highest BCUT2D eigenvalue weighted by Gasteiger charge is 2.26. The Kier molecular flexibility index (Phi) is 3.92. The van der Waals surface area contributed by atoms with Crippen LogP contribution in [0.2, 0.25) is 0 Å². The van der Waals surface area contributed by atoms with Crippen molar-refractivity contribution in [2.75, 3.05) is 18.0 Å². The first-order valence-electron chi connectivity index (χ1n) is 6.69. The van der Waals surface area contributed by atoms with Gasteiger partial charge in [-0.1, -0.05) is 0 Å². The second-order valence-corrected chi connectivity index (χ2v) is 5.63. The Balaban J connectivity index is 1.59. The predicted octanol–water partition coefficient (Wildman–Crippen LogP) is 1.94. The maximum absolute atomic E-state index is 12.0. The number of pyridine rings is 1. The molecule has 20 heavy (non-hydrogen) atoms. The quantitative estimate of drug-likeness (QED) is 0.934. The van der Waals surface area contributed by atoms with Crippen molar-refractivity contribution in [2.24, 2.45) is 0 Å². The SMILES string of the molecule is O=C(NC[C@H]1CCCN1c1nccs1)c1cccnc1. The van der Waals surface area contributed by atoms with E-state index in [4.69, 9.17) is 0 Å². The van der Waals surface area contributed by atoms with Crippen molar-refractivity contribution in [1.82, 2.24) is 15.3 Å². The molecular formula is C14H16N4OS. The topological polar surface area (TPSA) is 58.1 Å². The second kappa shape index (κ2) is 6.00. The molecule has 2 aromatic heterocycles. The van der Waals surface area contributed by atoms with Crippen LogP contribution in [0.5, 0.6) is 0 Å². The van der Waals surface area contributed by atoms with E-state index < -0.39 is 0 Å². The highest BCUT2D eigenvalue weighted by atomic mass is 32.1. The number of hydrogen-bond donors (Lipinski definition) is 1. The molecule has 1 amide bonds. The summed E-state index contributed by atoms with van der Waals surface area (Å²) in [4.78, 5) is 22.6. The van der Waals surface area contributed by atoms with Crippen molar-refractivity contribution < 1.29 is 4.79 Å². The number of carbonyl (C=O) groups is 1. The molecule has 1 aliphatic heterocycles. The summed E-state index contributed by atoms with van der Waals surface area (Å²) in [6, 6.07) is 3.88. The van der Waals surface area contributed by atoms with Gasteiger partial charge in [-0.2, -0.15) is 0 Å². The molecule has 1 fully saturated rings. The number of rotatable bonds is 4. The fourth-order valence-electron chi connectivity index (χ4n) is 2.47. The Morgan fingerprint density at radius 2 is 2.45 bits per heavy atom. The summed E-state index contributed by atoms with van der Waals surface area (Å²) in [5.41, 5.74) is 0.603. The van der Waals surface area contributed by atoms with E-state index >= 15 is 0 Å². The van der Waals surface area contributed by atoms with E-state index in [0.717, 1.165) is 24.5 Å². The summed E-state index contributed by atoms with van der Waals surface area (Å²) in [7, 11) is 0. The van der Waals surface area contributed by atoms with Crippen molar-refractivity contribution in [3.8, 4) is 0 Å². The van der Waals surface area contributed by atoms with Gasteiger partial charge in [-0.25, -0.2) is 4.98 Å². The lowest BCUT2D eigenvalue weighted by Crippen LogP contribution is -2.40. The molecule has 0 aromatic carbocycles. The lowest BCUT2D eigenvalue weighted by molar-refractivity contribution is 0.0951. The fraction of sp³-hybridized carbons (Fsp3) is 0.357. The Morgan fingerprint density at radius 1 is 1.50 bits per heavy atom. The van der Waals surface area contributed by atoms with Gasteiger partial charge >= 0.3 is 0 Å². The summed E-state index contributed by atoms with van der Waals surface area (Å²) in [6.07, 6.45) is 7.31. The van der Waals surface area contributed by atoms with Crippen LogP contribution < -0.4 is 10.2 Å². The van der Waals surface area contributed by atoms with E-state index in [0.29, 0.717) is 18.2 Å². The van der Waals surface area contributed by atoms with Crippen LogP contribution in [0.1, 0.15) is 23.2 Å². The van der Waals surface area contributed by atoms with Crippen LogP contribution in [0.15, 0.2) is 36.1 Å². The van der Waals surface area contributed by atoms with Crippen molar-refractivity contribution in [3.63, 3.8) is 0 Å². The molecule has 6 heteroatoms. The number of carbonyl (C=O) groups excluding carboxylic acids is 1. The van der Waals surface area contributed by atoms with E-state index in [-0.39, 0.29) is 5.91 Å². The zero-order valence-electron chi connectivity index (χ0n) is 11.0. The van der Waals surface area contributed by atoms with Gasteiger partial charge in [0.15, 0.2) is 5.13 Å². The summed E-state index contributed by atoms with van der Waals surface area (Å²) in [5, 5.41) is 6.02. The van der Waals surface area contributed by atoms with Crippen LogP contribution >= 0.6 is 11.3 Å². The molecule has 1 atom stereocenters. The zero-order chi connectivity index (χ0) is 13.8. The molecule has 1 aliphatic rings. The van der Waals surface area contributed by atoms with E-state index in [2.05, 4.69) is 20.2 Å². The van der Waals surface area contributed by atoms with Gasteiger partial charge in [-0.3, -0.25) is 9.78 Å². The highest BCUT2D eigenvalue weighted by molar-refractivity contribution is 7.13. The molecule has 104 valence electrons. The van der Waals surface area contributed by atoms with Crippen molar-refractivity contribution in [2.45, 2.75) is 18.9 Å². The molecule has 3 heterocycles. The highest BCUT2D eigenvalue weighted by Crippen LogP contribution is 2.26. The van der Waals surface area contributed by atoms with Gasteiger partial charge in [0.05, 0.1) is 5.56 Å². The van der Waals surface area contributed by atoms with Crippen molar-refractivity contribution in [3.05, 3.63) is 41.7 Å². The summed E-state index contributed by atoms with van der Waals surface area (Å²) in [5.74, 6) is -0.0657. The summed E-state index contributed by atoms with van der Waals surface area (Å²) in [6.45, 7) is 1.66. The number of thiazole rings is 1. The number of aromatic nitrogens is 2. The Bertz CT molecular complexity index is 558. The van der Waals surface area contributed by atoms with Gasteiger partial charge in [0.1, 0.15) is 0 Å². The number of anilines is 1. The van der Waals surface area contributed by atoms with E-state index in [1.165, 1.54) is 0 Å². The maximum Gasteiger partial charge on any atom is 0.252 e. The van der Waals surface area contributed by atoms with Crippen LogP contribution in [0, 0.1) is 0 Å². The van der Waals surface area contributed by atoms with E-state index in [1.54, 1.807) is 35.9 Å². The van der Waals surface area contributed by atoms with Gasteiger partial charge in [0.2, 0.25) is 0 Å². The molecule has 0 unspecified atom stereocenters. The van der Waals surface area contributed by atoms with Gasteiger partial charge < -0.3 is 10.2 Å². The molecule has 0 aliphatic carbocycles. The first-order chi connectivity index (χ1) is 9.84. The molecule has 0 spiro atoms. The Labute approximate surface area is 121 Å². The molecule has 2 aromatic rings. The van der Waals surface area contributed by atoms with Crippen molar-refractivity contribution >= 4 is 22.4 Å². The third kappa shape index (κ3) is 2.80. The minimum atomic E-state index is -0.0657. The fourth-order valence-corrected chi connectivity index (χ4v) is 3.21. The Hall–Kier alpha value is -1.95. The monoisotopic (exact) mass is 288 g/mol. The third-order valence-corrected chi connectivity index (χ3v) is 4.27. The standard InChI is InChI=1S/C14H16N4OS/c19-13(11-3-1-5-15-9-11)17-10-12-4-2-7-18(12)14-16-6-8-20-14/h1,3,5-6,8-9,12H,2,4,7,10H2,(H,17,19)/t12-/m1/s1. The van der Waals surface area contributed by atoms with Crippen LogP contribution in [-0.4, -0.2) is 35.0 Å².